The fourth-order valence-electron chi connectivity index (χ4n) is 4.66. The molecule has 27 heavy (non-hydrogen) atoms. The summed E-state index contributed by atoms with van der Waals surface area (Å²) in [6.45, 7) is 4.67. The Morgan fingerprint density at radius 1 is 1.37 bits per heavy atom. The number of hydrogen-bond acceptors (Lipinski definition) is 3. The summed E-state index contributed by atoms with van der Waals surface area (Å²) in [4.78, 5) is 23.3. The van der Waals surface area contributed by atoms with Gasteiger partial charge in [-0.2, -0.15) is 0 Å². The molecule has 2 saturated heterocycles. The third-order valence-electron chi connectivity index (χ3n) is 5.99. The van der Waals surface area contributed by atoms with E-state index in [0.29, 0.717) is 6.42 Å². The first-order chi connectivity index (χ1) is 12.7. The highest BCUT2D eigenvalue weighted by Gasteiger charge is 2.42. The van der Waals surface area contributed by atoms with E-state index >= 15 is 0 Å². The molecule has 1 atom stereocenters. The van der Waals surface area contributed by atoms with Crippen molar-refractivity contribution < 1.29 is 4.79 Å². The lowest BCUT2D eigenvalue weighted by atomic mass is 9.79. The smallest absolute Gasteiger partial charge is 0.220 e. The molecule has 1 aromatic rings. The Hall–Kier alpha value is -1.32. The number of rotatable bonds is 3. The minimum absolute atomic E-state index is 0. The van der Waals surface area contributed by atoms with Crippen molar-refractivity contribution in [2.45, 2.75) is 51.5 Å². The van der Waals surface area contributed by atoms with E-state index in [4.69, 9.17) is 4.98 Å². The summed E-state index contributed by atoms with van der Waals surface area (Å²) in [6, 6.07) is 0. The van der Waals surface area contributed by atoms with Gasteiger partial charge in [-0.3, -0.25) is 9.79 Å². The molecule has 150 valence electrons. The standard InChI is InChI=1S/C19H30N6O.HI/c1-20-18(25-10-4-7-19(14-25)11-17(26)22-13-19)21-8-6-15-12-24-9-3-2-5-16(24)23-15;/h12H,2-11,13-14H2,1H3,(H,20,21)(H,22,26);1H. The molecule has 3 aliphatic rings. The van der Waals surface area contributed by atoms with E-state index in [1.807, 2.05) is 7.05 Å². The molecule has 3 aliphatic heterocycles. The van der Waals surface area contributed by atoms with Gasteiger partial charge in [0.2, 0.25) is 5.91 Å². The lowest BCUT2D eigenvalue weighted by molar-refractivity contribution is -0.119. The second-order valence-electron chi connectivity index (χ2n) is 8.00. The van der Waals surface area contributed by atoms with Gasteiger partial charge in [-0.15, -0.1) is 24.0 Å². The molecular weight excluding hydrogens is 455 g/mol. The van der Waals surface area contributed by atoms with Crippen LogP contribution < -0.4 is 10.6 Å². The zero-order valence-electron chi connectivity index (χ0n) is 16.2. The van der Waals surface area contributed by atoms with Gasteiger partial charge < -0.3 is 20.1 Å². The van der Waals surface area contributed by atoms with Crippen molar-refractivity contribution in [1.29, 1.82) is 0 Å². The summed E-state index contributed by atoms with van der Waals surface area (Å²) in [5.41, 5.74) is 1.26. The van der Waals surface area contributed by atoms with Crippen LogP contribution in [0.2, 0.25) is 0 Å². The van der Waals surface area contributed by atoms with Crippen LogP contribution in [0.1, 0.15) is 43.6 Å². The Balaban J connectivity index is 0.00000210. The molecule has 1 amide bonds. The van der Waals surface area contributed by atoms with Crippen molar-refractivity contribution >= 4 is 35.8 Å². The Kier molecular flexibility index (Phi) is 6.65. The zero-order chi connectivity index (χ0) is 18.0. The average molecular weight is 486 g/mol. The van der Waals surface area contributed by atoms with Crippen molar-refractivity contribution in [2.24, 2.45) is 10.4 Å². The predicted octanol–water partition coefficient (Wildman–Crippen LogP) is 1.56. The van der Waals surface area contributed by atoms with Gasteiger partial charge in [0.25, 0.3) is 0 Å². The maximum atomic E-state index is 11.7. The van der Waals surface area contributed by atoms with Crippen LogP contribution in [0.25, 0.3) is 0 Å². The average Bonchev–Trinajstić information content (AvgIpc) is 3.22. The summed E-state index contributed by atoms with van der Waals surface area (Å²) < 4.78 is 2.31. The summed E-state index contributed by atoms with van der Waals surface area (Å²) in [7, 11) is 1.84. The van der Waals surface area contributed by atoms with Gasteiger partial charge in [-0.1, -0.05) is 0 Å². The highest BCUT2D eigenvalue weighted by atomic mass is 127. The Labute approximate surface area is 178 Å². The van der Waals surface area contributed by atoms with Gasteiger partial charge in [-0.25, -0.2) is 4.98 Å². The number of carbonyl (C=O) groups excluding carboxylic acids is 1. The van der Waals surface area contributed by atoms with E-state index in [1.165, 1.54) is 24.4 Å². The van der Waals surface area contributed by atoms with Crippen LogP contribution in [0.15, 0.2) is 11.2 Å². The first kappa shape index (κ1) is 20.4. The van der Waals surface area contributed by atoms with Gasteiger partial charge in [0, 0.05) is 70.6 Å². The minimum Gasteiger partial charge on any atom is -0.356 e. The maximum Gasteiger partial charge on any atom is 0.220 e. The minimum atomic E-state index is 0. The maximum absolute atomic E-state index is 11.7. The van der Waals surface area contributed by atoms with E-state index in [1.54, 1.807) is 0 Å². The number of nitrogens with one attached hydrogen (secondary N) is 2. The quantitative estimate of drug-likeness (QED) is 0.387. The number of likely N-dealkylation sites (tertiary alicyclic amines) is 1. The van der Waals surface area contributed by atoms with E-state index in [-0.39, 0.29) is 35.3 Å². The van der Waals surface area contributed by atoms with E-state index in [9.17, 15) is 4.79 Å². The van der Waals surface area contributed by atoms with Gasteiger partial charge in [0.15, 0.2) is 5.96 Å². The lowest BCUT2D eigenvalue weighted by Crippen LogP contribution is -2.51. The van der Waals surface area contributed by atoms with Crippen LogP contribution in [0, 0.1) is 5.41 Å². The number of imidazole rings is 1. The Bertz CT molecular complexity index is 679. The molecule has 0 saturated carbocycles. The molecule has 0 aliphatic carbocycles. The number of amides is 1. The number of piperidine rings is 1. The van der Waals surface area contributed by atoms with Crippen molar-refractivity contribution in [1.82, 2.24) is 25.1 Å². The number of aryl methyl sites for hydroxylation is 2. The number of carbonyl (C=O) groups is 1. The molecule has 2 N–H and O–H groups in total. The van der Waals surface area contributed by atoms with Gasteiger partial charge in [0.05, 0.1) is 5.69 Å². The number of guanidine groups is 1. The largest absolute Gasteiger partial charge is 0.356 e. The summed E-state index contributed by atoms with van der Waals surface area (Å²) in [5.74, 6) is 2.39. The Morgan fingerprint density at radius 3 is 3.00 bits per heavy atom. The van der Waals surface area contributed by atoms with Gasteiger partial charge in [-0.05, 0) is 25.7 Å². The highest BCUT2D eigenvalue weighted by molar-refractivity contribution is 14.0. The monoisotopic (exact) mass is 486 g/mol. The molecule has 0 aromatic carbocycles. The van der Waals surface area contributed by atoms with E-state index in [2.05, 4.69) is 31.3 Å². The van der Waals surface area contributed by atoms with Crippen molar-refractivity contribution in [3.05, 3.63) is 17.7 Å². The van der Waals surface area contributed by atoms with Crippen LogP contribution >= 0.6 is 24.0 Å². The summed E-state index contributed by atoms with van der Waals surface area (Å²) in [6.07, 6.45) is 9.65. The first-order valence-electron chi connectivity index (χ1n) is 9.95. The third kappa shape index (κ3) is 4.57. The molecule has 2 fully saturated rings. The van der Waals surface area contributed by atoms with Crippen LogP contribution in [-0.4, -0.2) is 59.5 Å². The second kappa shape index (κ2) is 8.79. The molecule has 7 nitrogen and oxygen atoms in total. The Morgan fingerprint density at radius 2 is 2.26 bits per heavy atom. The molecule has 4 heterocycles. The topological polar surface area (TPSA) is 74.6 Å². The number of aromatic nitrogens is 2. The number of aliphatic imine (C=N–C) groups is 1. The molecule has 1 unspecified atom stereocenters. The normalized spacial score (nSPS) is 25.1. The van der Waals surface area contributed by atoms with Crippen LogP contribution in [0.3, 0.4) is 0 Å². The molecule has 1 aromatic heterocycles. The predicted molar refractivity (Wildman–Crippen MR) is 117 cm³/mol. The van der Waals surface area contributed by atoms with Crippen molar-refractivity contribution in [3.8, 4) is 0 Å². The van der Waals surface area contributed by atoms with Crippen LogP contribution in [-0.2, 0) is 24.2 Å². The summed E-state index contributed by atoms with van der Waals surface area (Å²) in [5, 5.41) is 6.52. The molecular formula is C19H31IN6O. The number of halogens is 1. The molecule has 0 radical (unpaired) electrons. The molecule has 1 spiro atoms. The molecule has 4 rings (SSSR count). The number of nitrogens with zero attached hydrogens (tertiary/aromatic N) is 4. The third-order valence-corrected chi connectivity index (χ3v) is 5.99. The fraction of sp³-hybridized carbons (Fsp3) is 0.737. The fourth-order valence-corrected chi connectivity index (χ4v) is 4.66. The van der Waals surface area contributed by atoms with Gasteiger partial charge in [0.1, 0.15) is 5.82 Å². The van der Waals surface area contributed by atoms with E-state index in [0.717, 1.165) is 64.4 Å². The number of fused-ring (bicyclic) bond motifs is 1. The number of hydrogen-bond donors (Lipinski definition) is 2. The highest BCUT2D eigenvalue weighted by Crippen LogP contribution is 2.35. The first-order valence-corrected chi connectivity index (χ1v) is 9.95. The van der Waals surface area contributed by atoms with Crippen molar-refractivity contribution in [3.63, 3.8) is 0 Å². The molecule has 8 heteroatoms. The van der Waals surface area contributed by atoms with Crippen molar-refractivity contribution in [2.75, 3.05) is 33.2 Å². The summed E-state index contributed by atoms with van der Waals surface area (Å²) >= 11 is 0. The lowest BCUT2D eigenvalue weighted by Gasteiger charge is -2.40. The zero-order valence-corrected chi connectivity index (χ0v) is 18.5. The van der Waals surface area contributed by atoms with Crippen LogP contribution in [0.4, 0.5) is 0 Å². The van der Waals surface area contributed by atoms with E-state index < -0.39 is 0 Å². The molecule has 0 bridgehead atoms. The second-order valence-corrected chi connectivity index (χ2v) is 8.00. The van der Waals surface area contributed by atoms with Gasteiger partial charge >= 0.3 is 0 Å². The SMILES string of the molecule is CN=C(NCCc1cn2c(n1)CCCC2)N1CCCC2(CNC(=O)C2)C1.I. The van der Waals surface area contributed by atoms with Crippen LogP contribution in [0.5, 0.6) is 0 Å².